The average molecular weight is 261 g/mol. The molecule has 2 rings (SSSR count). The number of rotatable bonds is 5. The molecule has 5 heteroatoms. The van der Waals surface area contributed by atoms with Crippen LogP contribution in [0.15, 0.2) is 30.5 Å². The molecule has 4 N–H and O–H groups in total. The number of nitrogens with one attached hydrogen (secondary N) is 2. The van der Waals surface area contributed by atoms with Gasteiger partial charge in [0.05, 0.1) is 11.4 Å². The van der Waals surface area contributed by atoms with Crippen LogP contribution in [0.2, 0.25) is 0 Å². The maximum Gasteiger partial charge on any atom is 0.226 e. The SMILES string of the molecule is NC(=S)CC(=O)NCCc1c[nH]c2ccccc12. The third-order valence-corrected chi connectivity index (χ3v) is 2.87. The fraction of sp³-hybridized carbons (Fsp3) is 0.231. The Balaban J connectivity index is 1.91. The number of nitrogens with two attached hydrogens (primary N) is 1. The molecule has 0 aliphatic heterocycles. The number of fused-ring (bicyclic) bond motifs is 1. The number of thiocarbonyl (C=S) groups is 1. The van der Waals surface area contributed by atoms with Gasteiger partial charge in [0.1, 0.15) is 0 Å². The minimum absolute atomic E-state index is 0.114. The average Bonchev–Trinajstić information content (AvgIpc) is 2.72. The molecule has 0 bridgehead atoms. The normalized spacial score (nSPS) is 10.4. The highest BCUT2D eigenvalue weighted by Crippen LogP contribution is 2.17. The van der Waals surface area contributed by atoms with E-state index >= 15 is 0 Å². The summed E-state index contributed by atoms with van der Waals surface area (Å²) in [6, 6.07) is 8.10. The number of benzene rings is 1. The number of H-pyrrole nitrogens is 1. The van der Waals surface area contributed by atoms with E-state index in [1.165, 1.54) is 10.9 Å². The Morgan fingerprint density at radius 3 is 2.94 bits per heavy atom. The van der Waals surface area contributed by atoms with Gasteiger partial charge in [-0.1, -0.05) is 30.4 Å². The summed E-state index contributed by atoms with van der Waals surface area (Å²) in [4.78, 5) is 14.8. The molecule has 1 amide bonds. The number of hydrogen-bond donors (Lipinski definition) is 3. The molecule has 0 spiro atoms. The van der Waals surface area contributed by atoms with Crippen molar-refractivity contribution in [2.24, 2.45) is 5.73 Å². The fourth-order valence-corrected chi connectivity index (χ4v) is 2.03. The fourth-order valence-electron chi connectivity index (χ4n) is 1.90. The van der Waals surface area contributed by atoms with Crippen molar-refractivity contribution in [3.63, 3.8) is 0 Å². The Hall–Kier alpha value is -1.88. The second kappa shape index (κ2) is 5.64. The predicted octanol–water partition coefficient (Wildman–Crippen LogP) is 1.50. The highest BCUT2D eigenvalue weighted by molar-refractivity contribution is 7.80. The van der Waals surface area contributed by atoms with Gasteiger partial charge in [-0.3, -0.25) is 4.79 Å². The van der Waals surface area contributed by atoms with Gasteiger partial charge in [-0.15, -0.1) is 0 Å². The minimum atomic E-state index is -0.123. The Morgan fingerprint density at radius 2 is 2.17 bits per heavy atom. The van der Waals surface area contributed by atoms with Crippen molar-refractivity contribution in [2.45, 2.75) is 12.8 Å². The number of amides is 1. The van der Waals surface area contributed by atoms with Gasteiger partial charge in [-0.2, -0.15) is 0 Å². The summed E-state index contributed by atoms with van der Waals surface area (Å²) >= 11 is 4.68. The van der Waals surface area contributed by atoms with Crippen molar-refractivity contribution in [1.29, 1.82) is 0 Å². The van der Waals surface area contributed by atoms with Crippen LogP contribution in [0.1, 0.15) is 12.0 Å². The number of carbonyl (C=O) groups excluding carboxylic acids is 1. The first-order chi connectivity index (χ1) is 8.66. The Morgan fingerprint density at radius 1 is 1.39 bits per heavy atom. The van der Waals surface area contributed by atoms with E-state index in [1.54, 1.807) is 0 Å². The van der Waals surface area contributed by atoms with Crippen molar-refractivity contribution in [1.82, 2.24) is 10.3 Å². The summed E-state index contributed by atoms with van der Waals surface area (Å²) in [6.07, 6.45) is 2.88. The highest BCUT2D eigenvalue weighted by Gasteiger charge is 2.05. The Kier molecular flexibility index (Phi) is 3.94. The lowest BCUT2D eigenvalue weighted by Gasteiger charge is -2.03. The van der Waals surface area contributed by atoms with Crippen LogP contribution in [-0.4, -0.2) is 22.4 Å². The maximum absolute atomic E-state index is 11.4. The molecule has 0 aliphatic rings. The molecule has 0 saturated carbocycles. The van der Waals surface area contributed by atoms with Crippen molar-refractivity contribution < 1.29 is 4.79 Å². The van der Waals surface area contributed by atoms with Crippen LogP contribution in [0.25, 0.3) is 10.9 Å². The second-order valence-corrected chi connectivity index (χ2v) is 4.63. The van der Waals surface area contributed by atoms with E-state index in [2.05, 4.69) is 28.6 Å². The van der Waals surface area contributed by atoms with E-state index in [-0.39, 0.29) is 17.3 Å². The van der Waals surface area contributed by atoms with Gasteiger partial charge in [0.2, 0.25) is 5.91 Å². The first-order valence-corrected chi connectivity index (χ1v) is 6.17. The number of para-hydroxylation sites is 1. The van der Waals surface area contributed by atoms with Gasteiger partial charge in [-0.25, -0.2) is 0 Å². The van der Waals surface area contributed by atoms with E-state index < -0.39 is 0 Å². The monoisotopic (exact) mass is 261 g/mol. The van der Waals surface area contributed by atoms with E-state index in [0.29, 0.717) is 6.54 Å². The van der Waals surface area contributed by atoms with E-state index in [1.807, 2.05) is 24.4 Å². The Labute approximate surface area is 111 Å². The summed E-state index contributed by atoms with van der Waals surface area (Å²) in [5.74, 6) is -0.123. The van der Waals surface area contributed by atoms with Crippen molar-refractivity contribution in [2.75, 3.05) is 6.54 Å². The molecular weight excluding hydrogens is 246 g/mol. The van der Waals surface area contributed by atoms with Gasteiger partial charge >= 0.3 is 0 Å². The Bertz CT molecular complexity index is 576. The molecule has 0 aliphatic carbocycles. The minimum Gasteiger partial charge on any atom is -0.393 e. The van der Waals surface area contributed by atoms with Crippen LogP contribution >= 0.6 is 12.2 Å². The molecule has 0 saturated heterocycles. The predicted molar refractivity (Wildman–Crippen MR) is 76.4 cm³/mol. The van der Waals surface area contributed by atoms with Gasteiger partial charge in [0, 0.05) is 23.6 Å². The topological polar surface area (TPSA) is 70.9 Å². The summed E-state index contributed by atoms with van der Waals surface area (Å²) in [7, 11) is 0. The second-order valence-electron chi connectivity index (χ2n) is 4.10. The maximum atomic E-state index is 11.4. The zero-order valence-electron chi connectivity index (χ0n) is 9.90. The molecule has 0 atom stereocenters. The lowest BCUT2D eigenvalue weighted by Crippen LogP contribution is -2.29. The van der Waals surface area contributed by atoms with Gasteiger partial charge in [0.15, 0.2) is 0 Å². The quantitative estimate of drug-likeness (QED) is 0.714. The lowest BCUT2D eigenvalue weighted by molar-refractivity contribution is -0.119. The summed E-state index contributed by atoms with van der Waals surface area (Å²) < 4.78 is 0. The summed E-state index contributed by atoms with van der Waals surface area (Å²) in [5, 5.41) is 3.99. The molecule has 2 aromatic rings. The van der Waals surface area contributed by atoms with E-state index in [9.17, 15) is 4.79 Å². The molecular formula is C13H15N3OS. The third kappa shape index (κ3) is 3.07. The molecule has 18 heavy (non-hydrogen) atoms. The summed E-state index contributed by atoms with van der Waals surface area (Å²) in [5.41, 5.74) is 7.61. The molecule has 4 nitrogen and oxygen atoms in total. The standard InChI is InChI=1S/C13H15N3OS/c14-12(18)7-13(17)15-6-5-9-8-16-11-4-2-1-3-10(9)11/h1-4,8,16H,5-7H2,(H2,14,18)(H,15,17). The van der Waals surface area contributed by atoms with Crippen molar-refractivity contribution in [3.05, 3.63) is 36.0 Å². The van der Waals surface area contributed by atoms with Crippen LogP contribution in [0.5, 0.6) is 0 Å². The molecule has 0 unspecified atom stereocenters. The first-order valence-electron chi connectivity index (χ1n) is 5.77. The number of carbonyl (C=O) groups is 1. The zero-order chi connectivity index (χ0) is 13.0. The van der Waals surface area contributed by atoms with Gasteiger partial charge < -0.3 is 16.0 Å². The molecule has 1 aromatic heterocycles. The van der Waals surface area contributed by atoms with Crippen molar-refractivity contribution in [3.8, 4) is 0 Å². The van der Waals surface area contributed by atoms with Crippen LogP contribution in [-0.2, 0) is 11.2 Å². The smallest absolute Gasteiger partial charge is 0.226 e. The zero-order valence-corrected chi connectivity index (χ0v) is 10.7. The van der Waals surface area contributed by atoms with Crippen molar-refractivity contribution >= 4 is 34.0 Å². The van der Waals surface area contributed by atoms with E-state index in [4.69, 9.17) is 5.73 Å². The molecule has 94 valence electrons. The number of hydrogen-bond acceptors (Lipinski definition) is 2. The van der Waals surface area contributed by atoms with Gasteiger partial charge in [-0.05, 0) is 18.1 Å². The van der Waals surface area contributed by atoms with Crippen LogP contribution < -0.4 is 11.1 Å². The van der Waals surface area contributed by atoms with Crippen LogP contribution in [0, 0.1) is 0 Å². The lowest BCUT2D eigenvalue weighted by atomic mass is 10.1. The molecule has 0 radical (unpaired) electrons. The van der Waals surface area contributed by atoms with E-state index in [0.717, 1.165) is 11.9 Å². The van der Waals surface area contributed by atoms with Crippen LogP contribution in [0.3, 0.4) is 0 Å². The molecule has 1 aromatic carbocycles. The third-order valence-electron chi connectivity index (χ3n) is 2.73. The first kappa shape index (κ1) is 12.6. The highest BCUT2D eigenvalue weighted by atomic mass is 32.1. The molecule has 0 fully saturated rings. The van der Waals surface area contributed by atoms with Crippen LogP contribution in [0.4, 0.5) is 0 Å². The number of aromatic nitrogens is 1. The summed E-state index contributed by atoms with van der Waals surface area (Å²) in [6.45, 7) is 0.587. The molecule has 1 heterocycles. The number of aromatic amines is 1. The van der Waals surface area contributed by atoms with Gasteiger partial charge in [0.25, 0.3) is 0 Å². The largest absolute Gasteiger partial charge is 0.393 e.